The summed E-state index contributed by atoms with van der Waals surface area (Å²) in [6.07, 6.45) is 4.09. The van der Waals surface area contributed by atoms with Gasteiger partial charge in [0.25, 0.3) is 0 Å². The van der Waals surface area contributed by atoms with Crippen molar-refractivity contribution in [2.45, 2.75) is 20.4 Å². The third-order valence-electron chi connectivity index (χ3n) is 6.61. The quantitative estimate of drug-likeness (QED) is 0.323. The van der Waals surface area contributed by atoms with E-state index in [2.05, 4.69) is 84.8 Å². The van der Waals surface area contributed by atoms with Gasteiger partial charge in [-0.2, -0.15) is 0 Å². The summed E-state index contributed by atoms with van der Waals surface area (Å²) in [5.41, 5.74) is 9.99. The number of aromatic nitrogens is 5. The molecule has 166 valence electrons. The number of benzene rings is 3. The van der Waals surface area contributed by atoms with E-state index in [1.165, 1.54) is 22.3 Å². The fourth-order valence-electron chi connectivity index (χ4n) is 4.41. The first-order valence-electron chi connectivity index (χ1n) is 11.5. The van der Waals surface area contributed by atoms with E-state index in [1.54, 1.807) is 0 Å². The first-order valence-corrected chi connectivity index (χ1v) is 11.5. The molecular weight excluding hydrogens is 418 g/mol. The van der Waals surface area contributed by atoms with Crippen LogP contribution >= 0.6 is 0 Å². The number of hydrogen-bond donors (Lipinski definition) is 0. The van der Waals surface area contributed by atoms with Crippen LogP contribution in [0.15, 0.2) is 85.2 Å². The zero-order chi connectivity index (χ0) is 23.2. The van der Waals surface area contributed by atoms with E-state index in [9.17, 15) is 0 Å². The number of para-hydroxylation sites is 2. The molecule has 2 aliphatic heterocycles. The van der Waals surface area contributed by atoms with Crippen molar-refractivity contribution in [3.05, 3.63) is 102 Å². The largest absolute Gasteiger partial charge is 0.344 e. The lowest BCUT2D eigenvalue weighted by molar-refractivity contribution is 0.703. The van der Waals surface area contributed by atoms with Gasteiger partial charge in [0.15, 0.2) is 5.82 Å². The maximum atomic E-state index is 4.82. The normalized spacial score (nSPS) is 11.5. The summed E-state index contributed by atoms with van der Waals surface area (Å²) in [5.74, 6) is 1.76. The highest BCUT2D eigenvalue weighted by Gasteiger charge is 2.14. The molecule has 0 aliphatic carbocycles. The molecule has 0 saturated heterocycles. The number of hydrogen-bond acceptors (Lipinski definition) is 3. The first kappa shape index (κ1) is 20.4. The number of rotatable bonds is 4. The Morgan fingerprint density at radius 2 is 1.44 bits per heavy atom. The standard InChI is InChI=1S/C29H25N5/c1-19-8-9-23(16-20(19)2)21-10-12-22(13-11-21)29-31-24-14-15-34(17-26(24)32-29)18-28-30-25-6-4-5-7-27(25)33(28)3/h4-17H,18H2,1-3H3. The predicted molar refractivity (Wildman–Crippen MR) is 137 cm³/mol. The van der Waals surface area contributed by atoms with Crippen LogP contribution in [0.5, 0.6) is 0 Å². The van der Waals surface area contributed by atoms with Crippen LogP contribution in [0.3, 0.4) is 0 Å². The van der Waals surface area contributed by atoms with E-state index in [4.69, 9.17) is 15.0 Å². The van der Waals surface area contributed by atoms with Crippen LogP contribution in [0.4, 0.5) is 0 Å². The van der Waals surface area contributed by atoms with E-state index in [0.29, 0.717) is 6.54 Å². The van der Waals surface area contributed by atoms with Gasteiger partial charge >= 0.3 is 0 Å². The molecule has 34 heavy (non-hydrogen) atoms. The summed E-state index contributed by atoms with van der Waals surface area (Å²) in [6.45, 7) is 4.97. The second kappa shape index (κ2) is 7.96. The maximum absolute atomic E-state index is 4.82. The summed E-state index contributed by atoms with van der Waals surface area (Å²) in [4.78, 5) is 14.4. The van der Waals surface area contributed by atoms with Crippen molar-refractivity contribution in [1.82, 2.24) is 24.1 Å². The molecule has 2 aliphatic rings. The number of pyridine rings is 1. The van der Waals surface area contributed by atoms with Gasteiger partial charge in [0.2, 0.25) is 0 Å². The monoisotopic (exact) mass is 443 g/mol. The van der Waals surface area contributed by atoms with Crippen molar-refractivity contribution in [2.24, 2.45) is 7.05 Å². The molecule has 3 heterocycles. The Bertz CT molecular complexity index is 1600. The molecule has 4 aromatic rings. The van der Waals surface area contributed by atoms with Crippen LogP contribution in [-0.4, -0.2) is 24.1 Å². The highest BCUT2D eigenvalue weighted by Crippen LogP contribution is 2.28. The van der Waals surface area contributed by atoms with Gasteiger partial charge < -0.3 is 9.13 Å². The highest BCUT2D eigenvalue weighted by atomic mass is 15.1. The van der Waals surface area contributed by atoms with Crippen LogP contribution < -0.4 is 0 Å². The van der Waals surface area contributed by atoms with Crippen LogP contribution in [0.2, 0.25) is 0 Å². The van der Waals surface area contributed by atoms with Gasteiger partial charge in [-0.05, 0) is 54.3 Å². The molecule has 3 aromatic carbocycles. The molecule has 0 N–H and O–H groups in total. The minimum absolute atomic E-state index is 0.675. The third kappa shape index (κ3) is 3.55. The Balaban J connectivity index is 1.28. The molecule has 0 fully saturated rings. The van der Waals surface area contributed by atoms with Crippen LogP contribution in [-0.2, 0) is 13.6 Å². The molecule has 0 unspecified atom stereocenters. The van der Waals surface area contributed by atoms with Crippen molar-refractivity contribution in [3.63, 3.8) is 0 Å². The molecule has 0 bridgehead atoms. The van der Waals surface area contributed by atoms with E-state index in [1.807, 2.05) is 30.5 Å². The first-order chi connectivity index (χ1) is 16.5. The molecule has 0 amide bonds. The lowest BCUT2D eigenvalue weighted by Crippen LogP contribution is -2.06. The predicted octanol–water partition coefficient (Wildman–Crippen LogP) is 6.27. The minimum Gasteiger partial charge on any atom is -0.344 e. The smallest absolute Gasteiger partial charge is 0.160 e. The highest BCUT2D eigenvalue weighted by molar-refractivity contribution is 5.76. The molecular formula is C29H25N5. The summed E-state index contributed by atoms with van der Waals surface area (Å²) < 4.78 is 4.26. The van der Waals surface area contributed by atoms with E-state index in [-0.39, 0.29) is 0 Å². The van der Waals surface area contributed by atoms with Gasteiger partial charge in [-0.25, -0.2) is 15.0 Å². The summed E-state index contributed by atoms with van der Waals surface area (Å²) in [5, 5.41) is 0. The zero-order valence-corrected chi connectivity index (χ0v) is 19.5. The zero-order valence-electron chi connectivity index (χ0n) is 19.5. The molecule has 1 aromatic heterocycles. The summed E-state index contributed by atoms with van der Waals surface area (Å²) in [6, 6.07) is 25.3. The van der Waals surface area contributed by atoms with E-state index in [0.717, 1.165) is 39.6 Å². The van der Waals surface area contributed by atoms with Crippen molar-refractivity contribution in [1.29, 1.82) is 0 Å². The van der Waals surface area contributed by atoms with E-state index < -0.39 is 0 Å². The fraction of sp³-hybridized carbons (Fsp3) is 0.138. The molecule has 0 radical (unpaired) electrons. The fourth-order valence-corrected chi connectivity index (χ4v) is 4.41. The second-order valence-electron chi connectivity index (χ2n) is 8.89. The van der Waals surface area contributed by atoms with Gasteiger partial charge in [-0.1, -0.05) is 54.6 Å². The van der Waals surface area contributed by atoms with Crippen LogP contribution in [0.25, 0.3) is 44.9 Å². The van der Waals surface area contributed by atoms with Crippen molar-refractivity contribution in [3.8, 4) is 33.9 Å². The topological polar surface area (TPSA) is 48.5 Å². The van der Waals surface area contributed by atoms with Gasteiger partial charge in [-0.15, -0.1) is 0 Å². The average Bonchev–Trinajstić information content (AvgIpc) is 3.42. The van der Waals surface area contributed by atoms with Gasteiger partial charge in [0.05, 0.1) is 23.3 Å². The third-order valence-corrected chi connectivity index (χ3v) is 6.61. The van der Waals surface area contributed by atoms with Gasteiger partial charge in [0, 0.05) is 25.0 Å². The van der Waals surface area contributed by atoms with E-state index >= 15 is 0 Å². The molecule has 0 saturated carbocycles. The number of aryl methyl sites for hydroxylation is 3. The Kier molecular flexibility index (Phi) is 4.77. The lowest BCUT2D eigenvalue weighted by Gasteiger charge is -2.08. The Labute approximate surface area is 198 Å². The maximum Gasteiger partial charge on any atom is 0.160 e. The molecule has 0 spiro atoms. The molecule has 0 atom stereocenters. The lowest BCUT2D eigenvalue weighted by atomic mass is 9.99. The van der Waals surface area contributed by atoms with Gasteiger partial charge in [0.1, 0.15) is 11.5 Å². The molecule has 5 heteroatoms. The Morgan fingerprint density at radius 1 is 0.706 bits per heavy atom. The number of nitrogens with zero attached hydrogens (tertiary/aromatic N) is 5. The Hall–Kier alpha value is -4.25. The Morgan fingerprint density at radius 3 is 2.24 bits per heavy atom. The van der Waals surface area contributed by atoms with Crippen molar-refractivity contribution >= 4 is 11.0 Å². The average molecular weight is 444 g/mol. The SMILES string of the molecule is Cc1ccc(-c2ccc(-c3nc4ccn(Cc5nc6ccccc6n5C)cc-4n3)cc2)cc1C. The minimum atomic E-state index is 0.675. The van der Waals surface area contributed by atoms with Crippen LogP contribution in [0, 0.1) is 13.8 Å². The van der Waals surface area contributed by atoms with Crippen molar-refractivity contribution in [2.75, 3.05) is 0 Å². The molecule has 5 nitrogen and oxygen atoms in total. The van der Waals surface area contributed by atoms with Crippen LogP contribution in [0.1, 0.15) is 17.0 Å². The summed E-state index contributed by atoms with van der Waals surface area (Å²) >= 11 is 0. The molecule has 6 rings (SSSR count). The summed E-state index contributed by atoms with van der Waals surface area (Å²) in [7, 11) is 2.06. The van der Waals surface area contributed by atoms with Gasteiger partial charge in [-0.3, -0.25) is 0 Å². The second-order valence-corrected chi connectivity index (χ2v) is 8.89. The number of imidazole rings is 2. The number of fused-ring (bicyclic) bond motifs is 2. The van der Waals surface area contributed by atoms with Crippen molar-refractivity contribution < 1.29 is 0 Å².